The summed E-state index contributed by atoms with van der Waals surface area (Å²) >= 11 is 6.77. The van der Waals surface area contributed by atoms with Crippen LogP contribution in [0.4, 0.5) is 5.82 Å². The minimum atomic E-state index is -0.0423. The number of aliphatic imine (C=N–C) groups is 1. The van der Waals surface area contributed by atoms with Crippen LogP contribution in [0, 0.1) is 5.92 Å². The molecule has 1 aliphatic carbocycles. The van der Waals surface area contributed by atoms with Crippen molar-refractivity contribution in [1.29, 1.82) is 0 Å². The molecule has 3 fully saturated rings. The molecule has 6 rings (SSSR count). The topological polar surface area (TPSA) is 73.3 Å². The summed E-state index contributed by atoms with van der Waals surface area (Å²) in [4.78, 5) is 29.1. The van der Waals surface area contributed by atoms with E-state index in [9.17, 15) is 4.79 Å². The minimum absolute atomic E-state index is 0.0423. The Labute approximate surface area is 255 Å². The Hall–Kier alpha value is -2.68. The number of likely N-dealkylation sites (tertiary alicyclic amines) is 1. The molecule has 8 nitrogen and oxygen atoms in total. The van der Waals surface area contributed by atoms with E-state index >= 15 is 0 Å². The van der Waals surface area contributed by atoms with E-state index in [4.69, 9.17) is 21.3 Å². The third-order valence-electron chi connectivity index (χ3n) is 9.44. The van der Waals surface area contributed by atoms with Crippen LogP contribution in [-0.4, -0.2) is 91.1 Å². The first-order chi connectivity index (χ1) is 20.5. The largest absolute Gasteiger partial charge is 0.466 e. The number of hydrogen-bond donors (Lipinski definition) is 1. The number of piperazine rings is 1. The maximum Gasteiger partial charge on any atom is 0.309 e. The van der Waals surface area contributed by atoms with Crippen molar-refractivity contribution in [3.8, 4) is 0 Å². The molecule has 0 bridgehead atoms. The maximum atomic E-state index is 12.0. The smallest absolute Gasteiger partial charge is 0.309 e. The molecule has 0 spiro atoms. The van der Waals surface area contributed by atoms with E-state index in [1.807, 2.05) is 19.2 Å². The van der Waals surface area contributed by atoms with Gasteiger partial charge in [0.05, 0.1) is 24.1 Å². The average molecular weight is 593 g/mol. The van der Waals surface area contributed by atoms with Gasteiger partial charge < -0.3 is 15.0 Å². The van der Waals surface area contributed by atoms with Crippen LogP contribution in [0.15, 0.2) is 41.5 Å². The van der Waals surface area contributed by atoms with Gasteiger partial charge in [-0.05, 0) is 68.8 Å². The first-order valence-electron chi connectivity index (χ1n) is 16.0. The summed E-state index contributed by atoms with van der Waals surface area (Å²) in [5, 5.41) is 4.02. The summed E-state index contributed by atoms with van der Waals surface area (Å²) in [7, 11) is 0. The third kappa shape index (κ3) is 6.61. The number of carbonyl (C=O) groups is 1. The molecule has 0 radical (unpaired) electrons. The predicted molar refractivity (Wildman–Crippen MR) is 168 cm³/mol. The molecule has 1 aromatic heterocycles. The zero-order valence-corrected chi connectivity index (χ0v) is 25.9. The van der Waals surface area contributed by atoms with Crippen LogP contribution in [0.1, 0.15) is 68.6 Å². The molecule has 1 aromatic carbocycles. The summed E-state index contributed by atoms with van der Waals surface area (Å²) < 4.78 is 5.20. The molecular formula is C33H45ClN6O2. The van der Waals surface area contributed by atoms with E-state index in [1.165, 1.54) is 36.8 Å². The molecule has 0 amide bonds. The minimum Gasteiger partial charge on any atom is -0.466 e. The molecule has 4 heterocycles. The second kappa shape index (κ2) is 13.3. The molecule has 42 heavy (non-hydrogen) atoms. The molecule has 3 atom stereocenters. The highest BCUT2D eigenvalue weighted by Gasteiger charge is 2.45. The highest BCUT2D eigenvalue weighted by atomic mass is 35.5. The standard InChI is InChI=1S/C33H45ClN6O2/c1-3-5-27-22-39(32-30(34)18-25(20-37-32)31-35-12-13-36-31)16-17-40(27)26-10-14-38(15-11-26)21-23-6-8-24(9-7-23)28-19-29(28)33(41)42-4-2/h6-9,18,20,26-29H,3-5,10-17,19,21-22H2,1-2H3,(H,35,36)/t27-,28?,29?/m0/s1. The molecule has 2 aromatic rings. The van der Waals surface area contributed by atoms with Crippen molar-refractivity contribution in [2.45, 2.75) is 70.5 Å². The first kappa shape index (κ1) is 29.4. The number of pyridine rings is 1. The summed E-state index contributed by atoms with van der Waals surface area (Å²) in [6.45, 7) is 12.5. The summed E-state index contributed by atoms with van der Waals surface area (Å²) in [6, 6.07) is 12.1. The van der Waals surface area contributed by atoms with Crippen LogP contribution in [0.5, 0.6) is 0 Å². The van der Waals surface area contributed by atoms with Crippen LogP contribution < -0.4 is 10.2 Å². The van der Waals surface area contributed by atoms with Crippen LogP contribution in [0.25, 0.3) is 0 Å². The van der Waals surface area contributed by atoms with Crippen molar-refractivity contribution in [3.05, 3.63) is 58.2 Å². The van der Waals surface area contributed by atoms with E-state index in [-0.39, 0.29) is 11.9 Å². The highest BCUT2D eigenvalue weighted by Crippen LogP contribution is 2.48. The fraction of sp³-hybridized carbons (Fsp3) is 0.606. The molecular weight excluding hydrogens is 548 g/mol. The summed E-state index contributed by atoms with van der Waals surface area (Å²) in [5.74, 6) is 2.14. The quantitative estimate of drug-likeness (QED) is 0.401. The monoisotopic (exact) mass is 592 g/mol. The van der Waals surface area contributed by atoms with E-state index in [0.717, 1.165) is 76.0 Å². The molecule has 9 heteroatoms. The number of carbonyl (C=O) groups excluding carboxylic acids is 1. The Morgan fingerprint density at radius 1 is 1.12 bits per heavy atom. The fourth-order valence-electron chi connectivity index (χ4n) is 7.13. The summed E-state index contributed by atoms with van der Waals surface area (Å²) in [6.07, 6.45) is 7.63. The van der Waals surface area contributed by atoms with Crippen LogP contribution in [0.3, 0.4) is 0 Å². The zero-order valence-electron chi connectivity index (χ0n) is 25.1. The number of nitrogens with zero attached hydrogens (tertiary/aromatic N) is 5. The Morgan fingerprint density at radius 2 is 1.93 bits per heavy atom. The Balaban J connectivity index is 1.00. The normalized spacial score (nSPS) is 25.3. The number of rotatable bonds is 10. The number of amidine groups is 1. The van der Waals surface area contributed by atoms with Gasteiger partial charge in [0, 0.05) is 56.6 Å². The van der Waals surface area contributed by atoms with Gasteiger partial charge in [0.2, 0.25) is 0 Å². The molecule has 2 saturated heterocycles. The Bertz CT molecular complexity index is 1260. The van der Waals surface area contributed by atoms with Crippen molar-refractivity contribution < 1.29 is 9.53 Å². The second-order valence-corrected chi connectivity index (χ2v) is 12.7. The highest BCUT2D eigenvalue weighted by molar-refractivity contribution is 6.33. The van der Waals surface area contributed by atoms with Crippen LogP contribution >= 0.6 is 11.6 Å². The van der Waals surface area contributed by atoms with E-state index in [1.54, 1.807) is 0 Å². The van der Waals surface area contributed by atoms with Crippen molar-refractivity contribution in [2.24, 2.45) is 10.9 Å². The van der Waals surface area contributed by atoms with Gasteiger partial charge >= 0.3 is 5.97 Å². The predicted octanol–water partition coefficient (Wildman–Crippen LogP) is 4.71. The SMILES string of the molecule is CCC[C@H]1CN(c2ncc(C3=NCCN3)cc2Cl)CCN1C1CCN(Cc2ccc(C3CC3C(=O)OCC)cc2)CC1. The lowest BCUT2D eigenvalue weighted by Crippen LogP contribution is -2.58. The van der Waals surface area contributed by atoms with Crippen molar-refractivity contribution in [1.82, 2.24) is 20.1 Å². The fourth-order valence-corrected chi connectivity index (χ4v) is 7.41. The number of anilines is 1. The summed E-state index contributed by atoms with van der Waals surface area (Å²) in [5.41, 5.74) is 3.59. The number of hydrogen-bond acceptors (Lipinski definition) is 8. The van der Waals surface area contributed by atoms with Gasteiger partial charge in [0.1, 0.15) is 11.7 Å². The van der Waals surface area contributed by atoms with Gasteiger partial charge in [-0.1, -0.05) is 49.2 Å². The van der Waals surface area contributed by atoms with Crippen LogP contribution in [0.2, 0.25) is 5.02 Å². The van der Waals surface area contributed by atoms with Crippen molar-refractivity contribution in [3.63, 3.8) is 0 Å². The number of halogens is 1. The number of piperidine rings is 1. The second-order valence-electron chi connectivity index (χ2n) is 12.3. The Kier molecular flexibility index (Phi) is 9.32. The third-order valence-corrected chi connectivity index (χ3v) is 9.72. The van der Waals surface area contributed by atoms with Crippen molar-refractivity contribution in [2.75, 3.05) is 57.3 Å². The molecule has 2 unspecified atom stereocenters. The van der Waals surface area contributed by atoms with Gasteiger partial charge in [-0.15, -0.1) is 0 Å². The van der Waals surface area contributed by atoms with E-state index in [2.05, 4.69) is 56.2 Å². The first-order valence-corrected chi connectivity index (χ1v) is 16.3. The number of aromatic nitrogens is 1. The van der Waals surface area contributed by atoms with Gasteiger partial charge in [-0.3, -0.25) is 19.6 Å². The van der Waals surface area contributed by atoms with Crippen molar-refractivity contribution >= 4 is 29.2 Å². The molecule has 1 N–H and O–H groups in total. The number of nitrogens with one attached hydrogen (secondary N) is 1. The molecule has 3 aliphatic heterocycles. The molecule has 226 valence electrons. The number of ether oxygens (including phenoxy) is 1. The number of benzene rings is 1. The van der Waals surface area contributed by atoms with E-state index < -0.39 is 0 Å². The van der Waals surface area contributed by atoms with Crippen LogP contribution in [-0.2, 0) is 16.1 Å². The van der Waals surface area contributed by atoms with Gasteiger partial charge in [0.15, 0.2) is 0 Å². The average Bonchev–Trinajstić information content (AvgIpc) is 3.62. The number of esters is 1. The molecule has 4 aliphatic rings. The van der Waals surface area contributed by atoms with Gasteiger partial charge in [0.25, 0.3) is 0 Å². The lowest BCUT2D eigenvalue weighted by Gasteiger charge is -2.48. The van der Waals surface area contributed by atoms with Gasteiger partial charge in [-0.25, -0.2) is 4.98 Å². The lowest BCUT2D eigenvalue weighted by molar-refractivity contribution is -0.144. The Morgan fingerprint density at radius 3 is 2.62 bits per heavy atom. The zero-order chi connectivity index (χ0) is 29.1. The molecule has 1 saturated carbocycles. The van der Waals surface area contributed by atoms with E-state index in [0.29, 0.717) is 29.6 Å². The lowest BCUT2D eigenvalue weighted by atomic mass is 9.97. The van der Waals surface area contributed by atoms with Gasteiger partial charge in [-0.2, -0.15) is 0 Å². The maximum absolute atomic E-state index is 12.0.